The van der Waals surface area contributed by atoms with Crippen LogP contribution in [0.15, 0.2) is 16.9 Å². The van der Waals surface area contributed by atoms with E-state index in [4.69, 9.17) is 0 Å². The third kappa shape index (κ3) is 4.50. The van der Waals surface area contributed by atoms with Crippen molar-refractivity contribution in [3.05, 3.63) is 11.9 Å². The second-order valence-electron chi connectivity index (χ2n) is 4.09. The van der Waals surface area contributed by atoms with E-state index in [2.05, 4.69) is 29.8 Å². The molecule has 1 rings (SSSR count). The highest BCUT2D eigenvalue weighted by Crippen LogP contribution is 2.15. The van der Waals surface area contributed by atoms with Gasteiger partial charge in [0, 0.05) is 19.3 Å². The van der Waals surface area contributed by atoms with Crippen molar-refractivity contribution < 1.29 is 0 Å². The maximum Gasteiger partial charge on any atom is 0.124 e. The van der Waals surface area contributed by atoms with Crippen molar-refractivity contribution in [3.8, 4) is 0 Å². The quantitative estimate of drug-likeness (QED) is 0.645. The lowest BCUT2D eigenvalue weighted by molar-refractivity contribution is 0.354. The molecular formula is C13H24N2. The molecule has 0 aromatic heterocycles. The number of nitrogens with zero attached hydrogens (tertiary/aromatic N) is 2. The highest BCUT2D eigenvalue weighted by Gasteiger charge is 2.10. The molecule has 2 heteroatoms. The number of rotatable bonds is 4. The highest BCUT2D eigenvalue weighted by atomic mass is 15.2. The largest absolute Gasteiger partial charge is 0.357 e. The van der Waals surface area contributed by atoms with Gasteiger partial charge in [0.2, 0.25) is 0 Å². The molecule has 0 amide bonds. The zero-order valence-electron chi connectivity index (χ0n) is 10.2. The smallest absolute Gasteiger partial charge is 0.124 e. The molecule has 15 heavy (non-hydrogen) atoms. The summed E-state index contributed by atoms with van der Waals surface area (Å²) in [5, 5.41) is 0. The van der Waals surface area contributed by atoms with Crippen molar-refractivity contribution in [2.24, 2.45) is 4.99 Å². The molecular weight excluding hydrogens is 184 g/mol. The minimum Gasteiger partial charge on any atom is -0.357 e. The molecule has 0 N–H and O–H groups in total. The van der Waals surface area contributed by atoms with Gasteiger partial charge >= 0.3 is 0 Å². The summed E-state index contributed by atoms with van der Waals surface area (Å²) in [5.74, 6) is 1.20. The van der Waals surface area contributed by atoms with Gasteiger partial charge in [-0.05, 0) is 31.8 Å². The Labute approximate surface area is 94.1 Å². The number of likely N-dealkylation sites (tertiary alicyclic amines) is 1. The molecule has 0 aliphatic carbocycles. The number of aliphatic imine (C=N–C) groups is 1. The average molecular weight is 208 g/mol. The lowest BCUT2D eigenvalue weighted by atomic mass is 10.2. The fraction of sp³-hybridized carbons (Fsp3) is 0.769. The monoisotopic (exact) mass is 208 g/mol. The van der Waals surface area contributed by atoms with Crippen LogP contribution in [0, 0.1) is 0 Å². The number of hydrogen-bond acceptors (Lipinski definition) is 2. The maximum absolute atomic E-state index is 4.56. The van der Waals surface area contributed by atoms with E-state index in [1.54, 1.807) is 0 Å². The van der Waals surface area contributed by atoms with Crippen LogP contribution < -0.4 is 0 Å². The van der Waals surface area contributed by atoms with E-state index in [1.807, 2.05) is 6.21 Å². The summed E-state index contributed by atoms with van der Waals surface area (Å²) < 4.78 is 0. The SMILES string of the molecule is CC/C=N\C(=C/CC)N1CCCCCC1. The molecule has 0 bridgehead atoms. The Morgan fingerprint density at radius 1 is 1.07 bits per heavy atom. The van der Waals surface area contributed by atoms with Gasteiger partial charge in [-0.2, -0.15) is 0 Å². The van der Waals surface area contributed by atoms with Crippen LogP contribution in [-0.4, -0.2) is 24.2 Å². The second kappa shape index (κ2) is 7.49. The molecule has 1 heterocycles. The molecule has 0 unspecified atom stereocenters. The molecule has 1 saturated heterocycles. The van der Waals surface area contributed by atoms with Gasteiger partial charge in [0.05, 0.1) is 0 Å². The third-order valence-corrected chi connectivity index (χ3v) is 2.72. The van der Waals surface area contributed by atoms with Crippen molar-refractivity contribution in [1.82, 2.24) is 4.90 Å². The molecule has 0 radical (unpaired) electrons. The van der Waals surface area contributed by atoms with E-state index < -0.39 is 0 Å². The van der Waals surface area contributed by atoms with Gasteiger partial charge in [-0.25, -0.2) is 4.99 Å². The second-order valence-corrected chi connectivity index (χ2v) is 4.09. The van der Waals surface area contributed by atoms with Gasteiger partial charge in [0.1, 0.15) is 5.82 Å². The Hall–Kier alpha value is -0.790. The number of hydrogen-bond donors (Lipinski definition) is 0. The topological polar surface area (TPSA) is 15.6 Å². The van der Waals surface area contributed by atoms with Crippen LogP contribution in [-0.2, 0) is 0 Å². The van der Waals surface area contributed by atoms with Crippen molar-refractivity contribution in [1.29, 1.82) is 0 Å². The number of allylic oxidation sites excluding steroid dienone is 1. The van der Waals surface area contributed by atoms with E-state index in [0.717, 1.165) is 12.8 Å². The van der Waals surface area contributed by atoms with E-state index in [-0.39, 0.29) is 0 Å². The van der Waals surface area contributed by atoms with Gasteiger partial charge in [0.25, 0.3) is 0 Å². The zero-order valence-corrected chi connectivity index (χ0v) is 10.2. The Kier molecular flexibility index (Phi) is 6.14. The maximum atomic E-state index is 4.56. The summed E-state index contributed by atoms with van der Waals surface area (Å²) in [6.45, 7) is 6.69. The zero-order chi connectivity index (χ0) is 10.9. The van der Waals surface area contributed by atoms with Gasteiger partial charge in [0.15, 0.2) is 0 Å². The van der Waals surface area contributed by atoms with Gasteiger partial charge in [-0.3, -0.25) is 0 Å². The molecule has 0 aromatic rings. The summed E-state index contributed by atoms with van der Waals surface area (Å²) >= 11 is 0. The molecule has 1 aliphatic heterocycles. The van der Waals surface area contributed by atoms with Crippen LogP contribution >= 0.6 is 0 Å². The van der Waals surface area contributed by atoms with Crippen LogP contribution in [0.5, 0.6) is 0 Å². The molecule has 2 nitrogen and oxygen atoms in total. The van der Waals surface area contributed by atoms with E-state index in [1.165, 1.54) is 44.6 Å². The predicted octanol–water partition coefficient (Wildman–Crippen LogP) is 3.59. The molecule has 0 spiro atoms. The van der Waals surface area contributed by atoms with Crippen LogP contribution in [0.25, 0.3) is 0 Å². The first-order valence-corrected chi connectivity index (χ1v) is 6.36. The van der Waals surface area contributed by atoms with E-state index in [9.17, 15) is 0 Å². The first-order valence-electron chi connectivity index (χ1n) is 6.36. The highest BCUT2D eigenvalue weighted by molar-refractivity contribution is 5.58. The normalized spacial score (nSPS) is 19.6. The van der Waals surface area contributed by atoms with Crippen LogP contribution in [0.2, 0.25) is 0 Å². The lowest BCUT2D eigenvalue weighted by Crippen LogP contribution is -2.23. The summed E-state index contributed by atoms with van der Waals surface area (Å²) in [6.07, 6.45) is 11.8. The summed E-state index contributed by atoms with van der Waals surface area (Å²) in [7, 11) is 0. The predicted molar refractivity (Wildman–Crippen MR) is 67.2 cm³/mol. The summed E-state index contributed by atoms with van der Waals surface area (Å²) in [4.78, 5) is 7.01. The minimum atomic E-state index is 1.02. The molecule has 0 aromatic carbocycles. The van der Waals surface area contributed by atoms with Crippen LogP contribution in [0.4, 0.5) is 0 Å². The van der Waals surface area contributed by atoms with E-state index >= 15 is 0 Å². The Morgan fingerprint density at radius 3 is 2.27 bits per heavy atom. The summed E-state index contributed by atoms with van der Waals surface area (Å²) in [6, 6.07) is 0. The van der Waals surface area contributed by atoms with Gasteiger partial charge in [-0.15, -0.1) is 0 Å². The Morgan fingerprint density at radius 2 is 1.73 bits per heavy atom. The van der Waals surface area contributed by atoms with Crippen LogP contribution in [0.1, 0.15) is 52.4 Å². The third-order valence-electron chi connectivity index (χ3n) is 2.72. The molecule has 86 valence electrons. The van der Waals surface area contributed by atoms with Crippen molar-refractivity contribution in [3.63, 3.8) is 0 Å². The van der Waals surface area contributed by atoms with Crippen molar-refractivity contribution in [2.75, 3.05) is 13.1 Å². The minimum absolute atomic E-state index is 1.02. The molecule has 0 atom stereocenters. The van der Waals surface area contributed by atoms with Crippen LogP contribution in [0.3, 0.4) is 0 Å². The van der Waals surface area contributed by atoms with Gasteiger partial charge in [-0.1, -0.05) is 26.7 Å². The standard InChI is InChI=1S/C13H24N2/c1-3-9-13(14-10-4-2)15-11-7-5-6-8-12-15/h9-10H,3-8,11-12H2,1-2H3/b13-9+,14-10-. The fourth-order valence-electron chi connectivity index (χ4n) is 1.93. The Balaban J connectivity index is 2.60. The van der Waals surface area contributed by atoms with Crippen molar-refractivity contribution >= 4 is 6.21 Å². The lowest BCUT2D eigenvalue weighted by Gasteiger charge is -2.22. The molecule has 1 aliphatic rings. The summed E-state index contributed by atoms with van der Waals surface area (Å²) in [5.41, 5.74) is 0. The fourth-order valence-corrected chi connectivity index (χ4v) is 1.93. The Bertz CT molecular complexity index is 211. The molecule has 0 saturated carbocycles. The van der Waals surface area contributed by atoms with Crippen molar-refractivity contribution in [2.45, 2.75) is 52.4 Å². The van der Waals surface area contributed by atoms with Gasteiger partial charge < -0.3 is 4.90 Å². The first kappa shape index (κ1) is 12.3. The average Bonchev–Trinajstić information content (AvgIpc) is 2.52. The van der Waals surface area contributed by atoms with E-state index in [0.29, 0.717) is 0 Å². The first-order chi connectivity index (χ1) is 7.38. The molecule has 1 fully saturated rings.